The molecule has 2 N–H and O–H groups in total. The molecule has 0 radical (unpaired) electrons. The summed E-state index contributed by atoms with van der Waals surface area (Å²) in [5.41, 5.74) is 8.88. The van der Waals surface area contributed by atoms with Gasteiger partial charge in [-0.2, -0.15) is 9.61 Å². The maximum absolute atomic E-state index is 5.84. The molecule has 0 aliphatic rings. The molecule has 96 valence electrons. The van der Waals surface area contributed by atoms with Gasteiger partial charge in [-0.25, -0.2) is 4.98 Å². The van der Waals surface area contributed by atoms with E-state index in [0.29, 0.717) is 5.82 Å². The van der Waals surface area contributed by atoms with Crippen molar-refractivity contribution >= 4 is 11.5 Å². The number of hydrogen-bond acceptors (Lipinski definition) is 4. The predicted molar refractivity (Wildman–Crippen MR) is 73.2 cm³/mol. The van der Waals surface area contributed by atoms with E-state index in [1.807, 2.05) is 30.5 Å². The number of benzene rings is 1. The number of anilines is 1. The van der Waals surface area contributed by atoms with E-state index in [2.05, 4.69) is 10.1 Å². The molecule has 0 aliphatic heterocycles. The Morgan fingerprint density at radius 1 is 1.21 bits per heavy atom. The molecule has 19 heavy (non-hydrogen) atoms. The van der Waals surface area contributed by atoms with Crippen LogP contribution in [-0.4, -0.2) is 21.7 Å². The van der Waals surface area contributed by atoms with Crippen molar-refractivity contribution in [2.45, 2.75) is 6.42 Å². The Morgan fingerprint density at radius 3 is 2.74 bits per heavy atom. The molecule has 0 saturated heterocycles. The number of nitrogens with zero attached hydrogens (tertiary/aromatic N) is 3. The van der Waals surface area contributed by atoms with Crippen LogP contribution in [0.2, 0.25) is 0 Å². The predicted octanol–water partition coefficient (Wildman–Crippen LogP) is 1.91. The summed E-state index contributed by atoms with van der Waals surface area (Å²) in [5.74, 6) is 1.44. The van der Waals surface area contributed by atoms with Crippen molar-refractivity contribution in [2.24, 2.45) is 0 Å². The summed E-state index contributed by atoms with van der Waals surface area (Å²) >= 11 is 0. The van der Waals surface area contributed by atoms with Gasteiger partial charge in [0.15, 0.2) is 5.65 Å². The van der Waals surface area contributed by atoms with Crippen LogP contribution < -0.4 is 10.5 Å². The van der Waals surface area contributed by atoms with Crippen molar-refractivity contribution in [1.82, 2.24) is 14.6 Å². The summed E-state index contributed by atoms with van der Waals surface area (Å²) < 4.78 is 6.80. The molecule has 2 aromatic heterocycles. The first-order valence-electron chi connectivity index (χ1n) is 5.98. The lowest BCUT2D eigenvalue weighted by Crippen LogP contribution is -1.99. The largest absolute Gasteiger partial charge is 0.497 e. The highest BCUT2D eigenvalue weighted by atomic mass is 16.5. The fourth-order valence-electron chi connectivity index (χ4n) is 2.05. The van der Waals surface area contributed by atoms with Gasteiger partial charge in [0.25, 0.3) is 0 Å². The molecule has 0 aliphatic carbocycles. The van der Waals surface area contributed by atoms with Gasteiger partial charge < -0.3 is 10.5 Å². The topological polar surface area (TPSA) is 65.4 Å². The molecule has 2 heterocycles. The van der Waals surface area contributed by atoms with Crippen LogP contribution >= 0.6 is 0 Å². The number of aromatic nitrogens is 3. The van der Waals surface area contributed by atoms with Crippen LogP contribution in [0.25, 0.3) is 5.65 Å². The van der Waals surface area contributed by atoms with Crippen LogP contribution in [-0.2, 0) is 6.42 Å². The maximum atomic E-state index is 5.84. The van der Waals surface area contributed by atoms with Gasteiger partial charge in [0.2, 0.25) is 0 Å². The lowest BCUT2D eigenvalue weighted by Gasteiger charge is -2.03. The number of hydrogen-bond donors (Lipinski definition) is 1. The Labute approximate surface area is 110 Å². The van der Waals surface area contributed by atoms with Crippen LogP contribution in [0.4, 0.5) is 5.82 Å². The van der Waals surface area contributed by atoms with Crippen LogP contribution in [0.15, 0.2) is 42.7 Å². The van der Waals surface area contributed by atoms with Gasteiger partial charge in [-0.15, -0.1) is 0 Å². The highest BCUT2D eigenvalue weighted by molar-refractivity contribution is 5.52. The van der Waals surface area contributed by atoms with Crippen molar-refractivity contribution in [2.75, 3.05) is 12.8 Å². The molecule has 5 heteroatoms. The third-order valence-corrected chi connectivity index (χ3v) is 3.06. The van der Waals surface area contributed by atoms with Crippen LogP contribution in [0.1, 0.15) is 11.1 Å². The van der Waals surface area contributed by atoms with E-state index in [-0.39, 0.29) is 0 Å². The molecule has 0 atom stereocenters. The lowest BCUT2D eigenvalue weighted by molar-refractivity contribution is 0.414. The van der Waals surface area contributed by atoms with Gasteiger partial charge in [0.05, 0.1) is 13.3 Å². The minimum Gasteiger partial charge on any atom is -0.497 e. The average Bonchev–Trinajstić information content (AvgIpc) is 2.84. The quantitative estimate of drug-likeness (QED) is 0.775. The second-order valence-electron chi connectivity index (χ2n) is 4.30. The maximum Gasteiger partial charge on any atom is 0.160 e. The smallest absolute Gasteiger partial charge is 0.160 e. The van der Waals surface area contributed by atoms with Crippen molar-refractivity contribution in [3.8, 4) is 5.75 Å². The van der Waals surface area contributed by atoms with Gasteiger partial charge in [-0.3, -0.25) is 0 Å². The van der Waals surface area contributed by atoms with Crippen molar-refractivity contribution in [1.29, 1.82) is 0 Å². The monoisotopic (exact) mass is 254 g/mol. The fourth-order valence-corrected chi connectivity index (χ4v) is 2.05. The first kappa shape index (κ1) is 11.5. The summed E-state index contributed by atoms with van der Waals surface area (Å²) in [5, 5.41) is 4.25. The Hall–Kier alpha value is -2.56. The molecular formula is C14H14N4O. The molecule has 3 rings (SSSR count). The molecule has 0 spiro atoms. The average molecular weight is 254 g/mol. The molecule has 0 saturated carbocycles. The van der Waals surface area contributed by atoms with Gasteiger partial charge in [-0.05, 0) is 23.8 Å². The van der Waals surface area contributed by atoms with Gasteiger partial charge in [0, 0.05) is 18.2 Å². The number of rotatable bonds is 3. The van der Waals surface area contributed by atoms with E-state index in [9.17, 15) is 0 Å². The van der Waals surface area contributed by atoms with E-state index >= 15 is 0 Å². The molecule has 3 aromatic rings. The Kier molecular flexibility index (Phi) is 2.79. The summed E-state index contributed by atoms with van der Waals surface area (Å²) in [7, 11) is 1.66. The third-order valence-electron chi connectivity index (χ3n) is 3.06. The second kappa shape index (κ2) is 4.61. The zero-order valence-corrected chi connectivity index (χ0v) is 10.6. The minimum atomic E-state index is 0.589. The van der Waals surface area contributed by atoms with Crippen LogP contribution in [0.5, 0.6) is 5.75 Å². The van der Waals surface area contributed by atoms with Crippen LogP contribution in [0, 0.1) is 0 Å². The van der Waals surface area contributed by atoms with E-state index in [4.69, 9.17) is 10.5 Å². The fraction of sp³-hybridized carbons (Fsp3) is 0.143. The standard InChI is InChI=1S/C14H14N4O/c1-19-12-4-2-10(3-5-12)8-11-9-17-18-13(15)6-7-16-14(11)18/h2-7,9H,8,15H2,1H3. The number of methoxy groups -OCH3 is 1. The Morgan fingerprint density at radius 2 is 2.00 bits per heavy atom. The number of fused-ring (bicyclic) bond motifs is 1. The number of nitrogens with two attached hydrogens (primary N) is 1. The second-order valence-corrected chi connectivity index (χ2v) is 4.30. The van der Waals surface area contributed by atoms with Crippen molar-refractivity contribution in [3.05, 3.63) is 53.9 Å². The zero-order valence-electron chi connectivity index (χ0n) is 10.6. The first-order valence-corrected chi connectivity index (χ1v) is 5.98. The van der Waals surface area contributed by atoms with Crippen molar-refractivity contribution in [3.63, 3.8) is 0 Å². The van der Waals surface area contributed by atoms with E-state index < -0.39 is 0 Å². The molecule has 0 bridgehead atoms. The summed E-state index contributed by atoms with van der Waals surface area (Å²) in [6.07, 6.45) is 4.27. The van der Waals surface area contributed by atoms with Crippen LogP contribution in [0.3, 0.4) is 0 Å². The summed E-state index contributed by atoms with van der Waals surface area (Å²) in [6.45, 7) is 0. The minimum absolute atomic E-state index is 0.589. The van der Waals surface area contributed by atoms with E-state index in [0.717, 1.165) is 23.4 Å². The molecule has 0 amide bonds. The Balaban J connectivity index is 1.94. The third kappa shape index (κ3) is 2.10. The van der Waals surface area contributed by atoms with Gasteiger partial charge in [0.1, 0.15) is 11.6 Å². The molecule has 1 aromatic carbocycles. The molecular weight excluding hydrogens is 240 g/mol. The highest BCUT2D eigenvalue weighted by Crippen LogP contribution is 2.18. The zero-order chi connectivity index (χ0) is 13.2. The first-order chi connectivity index (χ1) is 9.28. The SMILES string of the molecule is COc1ccc(Cc2cnn3c(N)ccnc23)cc1. The highest BCUT2D eigenvalue weighted by Gasteiger charge is 2.07. The van der Waals surface area contributed by atoms with Crippen molar-refractivity contribution < 1.29 is 4.74 Å². The van der Waals surface area contributed by atoms with Gasteiger partial charge >= 0.3 is 0 Å². The van der Waals surface area contributed by atoms with E-state index in [1.165, 1.54) is 5.56 Å². The Bertz CT molecular complexity index is 703. The molecule has 0 unspecified atom stereocenters. The number of nitrogen functional groups attached to an aromatic ring is 1. The van der Waals surface area contributed by atoms with E-state index in [1.54, 1.807) is 23.9 Å². The normalized spacial score (nSPS) is 10.8. The number of ether oxygens (including phenoxy) is 1. The van der Waals surface area contributed by atoms with Gasteiger partial charge in [-0.1, -0.05) is 12.1 Å². The molecule has 5 nitrogen and oxygen atoms in total. The summed E-state index contributed by atoms with van der Waals surface area (Å²) in [4.78, 5) is 4.33. The lowest BCUT2D eigenvalue weighted by atomic mass is 10.1. The molecule has 0 fully saturated rings. The summed E-state index contributed by atoms with van der Waals surface area (Å²) in [6, 6.07) is 9.70.